The van der Waals surface area contributed by atoms with Crippen LogP contribution in [0.2, 0.25) is 5.02 Å². The average Bonchev–Trinajstić information content (AvgIpc) is 3.11. The maximum absolute atomic E-state index is 12.7. The van der Waals surface area contributed by atoms with Crippen LogP contribution in [0.3, 0.4) is 0 Å². The van der Waals surface area contributed by atoms with Crippen LogP contribution < -0.4 is 4.72 Å². The third-order valence-electron chi connectivity index (χ3n) is 3.66. The Hall–Kier alpha value is -2.01. The molecule has 0 bridgehead atoms. The van der Waals surface area contributed by atoms with Crippen LogP contribution in [0.1, 0.15) is 21.8 Å². The van der Waals surface area contributed by atoms with Gasteiger partial charge in [-0.05, 0) is 30.3 Å². The molecule has 0 aromatic carbocycles. The van der Waals surface area contributed by atoms with Crippen molar-refractivity contribution in [1.29, 1.82) is 0 Å². The Bertz CT molecular complexity index is 1070. The summed E-state index contributed by atoms with van der Waals surface area (Å²) in [5.41, 5.74) is -0.125. The second-order valence-electron chi connectivity index (χ2n) is 5.69. The molecule has 28 heavy (non-hydrogen) atoms. The SMILES string of the molecule is O=S(=O)(NCc1ccccn1)c1ccc(Cc2ncc(C(F)(F)F)cc2Cl)s1. The largest absolute Gasteiger partial charge is 0.417 e. The molecule has 3 heterocycles. The molecule has 0 spiro atoms. The van der Waals surface area contributed by atoms with Crippen molar-refractivity contribution in [2.45, 2.75) is 23.4 Å². The molecule has 0 radical (unpaired) electrons. The summed E-state index contributed by atoms with van der Waals surface area (Å²) in [6.07, 6.45) is -2.13. The van der Waals surface area contributed by atoms with Gasteiger partial charge in [-0.25, -0.2) is 13.1 Å². The van der Waals surface area contributed by atoms with Crippen LogP contribution in [0.4, 0.5) is 13.2 Å². The molecular formula is C17H13ClF3N3O2S2. The van der Waals surface area contributed by atoms with Gasteiger partial charge in [0.2, 0.25) is 10.0 Å². The van der Waals surface area contributed by atoms with Gasteiger partial charge in [0.25, 0.3) is 0 Å². The minimum Gasteiger partial charge on any atom is -0.260 e. The van der Waals surface area contributed by atoms with Crippen LogP contribution in [0.25, 0.3) is 0 Å². The zero-order valence-electron chi connectivity index (χ0n) is 14.1. The number of rotatable bonds is 6. The molecule has 5 nitrogen and oxygen atoms in total. The normalized spacial score (nSPS) is 12.3. The zero-order valence-corrected chi connectivity index (χ0v) is 16.5. The Morgan fingerprint density at radius 3 is 2.57 bits per heavy atom. The van der Waals surface area contributed by atoms with Gasteiger partial charge in [-0.3, -0.25) is 9.97 Å². The number of nitrogens with one attached hydrogen (secondary N) is 1. The van der Waals surface area contributed by atoms with Crippen molar-refractivity contribution in [2.75, 3.05) is 0 Å². The average molecular weight is 448 g/mol. The number of hydrogen-bond acceptors (Lipinski definition) is 5. The molecule has 0 aliphatic heterocycles. The van der Waals surface area contributed by atoms with Gasteiger partial charge in [-0.1, -0.05) is 17.7 Å². The molecule has 11 heteroatoms. The Morgan fingerprint density at radius 2 is 1.93 bits per heavy atom. The van der Waals surface area contributed by atoms with Gasteiger partial charge in [-0.2, -0.15) is 13.2 Å². The summed E-state index contributed by atoms with van der Waals surface area (Å²) in [4.78, 5) is 8.42. The Kier molecular flexibility index (Phi) is 6.04. The van der Waals surface area contributed by atoms with E-state index in [1.807, 2.05) is 0 Å². The minimum absolute atomic E-state index is 0.0443. The Morgan fingerprint density at radius 1 is 1.14 bits per heavy atom. The molecular weight excluding hydrogens is 435 g/mol. The van der Waals surface area contributed by atoms with Crippen molar-refractivity contribution in [2.24, 2.45) is 0 Å². The Labute approximate surface area is 168 Å². The molecule has 3 aromatic heterocycles. The van der Waals surface area contributed by atoms with Gasteiger partial charge in [-0.15, -0.1) is 11.3 Å². The molecule has 0 atom stereocenters. The summed E-state index contributed by atoms with van der Waals surface area (Å²) in [7, 11) is -3.74. The number of halogens is 4. The van der Waals surface area contributed by atoms with E-state index < -0.39 is 21.8 Å². The maximum Gasteiger partial charge on any atom is 0.417 e. The fraction of sp³-hybridized carbons (Fsp3) is 0.176. The fourth-order valence-electron chi connectivity index (χ4n) is 2.26. The van der Waals surface area contributed by atoms with Crippen LogP contribution in [0.15, 0.2) is 53.0 Å². The highest BCUT2D eigenvalue weighted by Crippen LogP contribution is 2.32. The summed E-state index contributed by atoms with van der Waals surface area (Å²) in [6, 6.07) is 8.99. The number of sulfonamides is 1. The van der Waals surface area contributed by atoms with Crippen LogP contribution >= 0.6 is 22.9 Å². The number of thiophene rings is 1. The van der Waals surface area contributed by atoms with Gasteiger partial charge >= 0.3 is 6.18 Å². The number of hydrogen-bond donors (Lipinski definition) is 1. The molecule has 3 aromatic rings. The van der Waals surface area contributed by atoms with E-state index in [2.05, 4.69) is 14.7 Å². The summed E-state index contributed by atoms with van der Waals surface area (Å²) in [5.74, 6) is 0. The van der Waals surface area contributed by atoms with E-state index in [4.69, 9.17) is 11.6 Å². The quantitative estimate of drug-likeness (QED) is 0.612. The van der Waals surface area contributed by atoms with Crippen LogP contribution in [0.5, 0.6) is 0 Å². The molecule has 0 fully saturated rings. The van der Waals surface area contributed by atoms with E-state index in [0.29, 0.717) is 16.8 Å². The van der Waals surface area contributed by atoms with Gasteiger partial charge in [0.05, 0.1) is 28.5 Å². The summed E-state index contributed by atoms with van der Waals surface area (Å²) in [6.45, 7) is 0.0443. The maximum atomic E-state index is 12.7. The molecule has 0 aliphatic rings. The number of nitrogens with zero attached hydrogens (tertiary/aromatic N) is 2. The fourth-order valence-corrected chi connectivity index (χ4v) is 4.89. The first-order chi connectivity index (χ1) is 13.1. The van der Waals surface area contributed by atoms with E-state index in [1.54, 1.807) is 30.5 Å². The standard InChI is InChI=1S/C17H13ClF3N3O2S2/c18-14-7-11(17(19,20)21)9-23-15(14)8-13-4-5-16(27-13)28(25,26)24-10-12-3-1-2-6-22-12/h1-7,9,24H,8,10H2. The molecule has 0 saturated carbocycles. The summed E-state index contributed by atoms with van der Waals surface area (Å²) >= 11 is 6.90. The lowest BCUT2D eigenvalue weighted by molar-refractivity contribution is -0.137. The molecule has 0 unspecified atom stereocenters. The minimum atomic E-state index is -4.53. The summed E-state index contributed by atoms with van der Waals surface area (Å²) in [5, 5.41) is -0.124. The predicted octanol–water partition coefficient (Wildman–Crippen LogP) is 4.28. The lowest BCUT2D eigenvalue weighted by Gasteiger charge is -2.08. The van der Waals surface area contributed by atoms with E-state index in [9.17, 15) is 21.6 Å². The van der Waals surface area contributed by atoms with Crippen molar-refractivity contribution in [1.82, 2.24) is 14.7 Å². The molecule has 148 valence electrons. The Balaban J connectivity index is 1.71. The van der Waals surface area contributed by atoms with Crippen molar-refractivity contribution in [3.8, 4) is 0 Å². The van der Waals surface area contributed by atoms with Gasteiger partial charge in [0.15, 0.2) is 0 Å². The van der Waals surface area contributed by atoms with Gasteiger partial charge < -0.3 is 0 Å². The molecule has 3 rings (SSSR count). The lowest BCUT2D eigenvalue weighted by Crippen LogP contribution is -2.22. The first-order valence-corrected chi connectivity index (χ1v) is 10.5. The van der Waals surface area contributed by atoms with Crippen LogP contribution in [-0.2, 0) is 29.2 Å². The smallest absolute Gasteiger partial charge is 0.260 e. The second kappa shape index (κ2) is 8.16. The number of aromatic nitrogens is 2. The molecule has 0 aliphatic carbocycles. The highest BCUT2D eigenvalue weighted by molar-refractivity contribution is 7.91. The third-order valence-corrected chi connectivity index (χ3v) is 6.96. The number of alkyl halides is 3. The highest BCUT2D eigenvalue weighted by Gasteiger charge is 2.31. The lowest BCUT2D eigenvalue weighted by atomic mass is 10.2. The van der Waals surface area contributed by atoms with Crippen molar-refractivity contribution in [3.05, 3.63) is 75.6 Å². The van der Waals surface area contributed by atoms with Crippen molar-refractivity contribution in [3.63, 3.8) is 0 Å². The van der Waals surface area contributed by atoms with Crippen molar-refractivity contribution < 1.29 is 21.6 Å². The van der Waals surface area contributed by atoms with E-state index in [1.165, 1.54) is 6.07 Å². The first-order valence-electron chi connectivity index (χ1n) is 7.85. The predicted molar refractivity (Wildman–Crippen MR) is 99.6 cm³/mol. The van der Waals surface area contributed by atoms with Gasteiger partial charge in [0, 0.05) is 23.7 Å². The molecule has 0 amide bonds. The topological polar surface area (TPSA) is 72.0 Å². The first kappa shape index (κ1) is 20.7. The van der Waals surface area contributed by atoms with E-state index in [0.717, 1.165) is 17.4 Å². The zero-order chi connectivity index (χ0) is 20.4. The second-order valence-corrected chi connectivity index (χ2v) is 9.26. The third kappa shape index (κ3) is 5.07. The van der Waals surface area contributed by atoms with E-state index >= 15 is 0 Å². The number of pyridine rings is 2. The van der Waals surface area contributed by atoms with Crippen LogP contribution in [0, 0.1) is 0 Å². The van der Waals surface area contributed by atoms with Gasteiger partial charge in [0.1, 0.15) is 4.21 Å². The highest BCUT2D eigenvalue weighted by atomic mass is 35.5. The van der Waals surface area contributed by atoms with Crippen molar-refractivity contribution >= 4 is 33.0 Å². The monoisotopic (exact) mass is 447 g/mol. The molecule has 1 N–H and O–H groups in total. The summed E-state index contributed by atoms with van der Waals surface area (Å²) < 4.78 is 65.4. The van der Waals surface area contributed by atoms with E-state index in [-0.39, 0.29) is 27.9 Å². The molecule has 0 saturated heterocycles. The van der Waals surface area contributed by atoms with Crippen LogP contribution in [-0.4, -0.2) is 18.4 Å².